The molecule has 2 rings (SSSR count). The van der Waals surface area contributed by atoms with Crippen molar-refractivity contribution in [3.05, 3.63) is 46.4 Å². The number of hydrogen-bond donors (Lipinski definition) is 1. The lowest BCUT2D eigenvalue weighted by atomic mass is 10.3. The maximum Gasteiger partial charge on any atom is 0.265 e. The highest BCUT2D eigenvalue weighted by molar-refractivity contribution is 7.93. The van der Waals surface area contributed by atoms with Gasteiger partial charge in [0, 0.05) is 18.0 Å². The molecule has 4 nitrogen and oxygen atoms in total. The maximum atomic E-state index is 13.4. The number of nitrogens with zero attached hydrogens (tertiary/aromatic N) is 1. The van der Waals surface area contributed by atoms with Crippen molar-refractivity contribution in [1.29, 1.82) is 0 Å². The second-order valence-corrected chi connectivity index (χ2v) is 7.22. The molecule has 2 aromatic rings. The van der Waals surface area contributed by atoms with Crippen molar-refractivity contribution >= 4 is 27.0 Å². The first kappa shape index (κ1) is 15.9. The Labute approximate surface area is 128 Å². The van der Waals surface area contributed by atoms with Crippen LogP contribution in [0.15, 0.2) is 40.6 Å². The quantitative estimate of drug-likeness (QED) is 0.887. The van der Waals surface area contributed by atoms with Gasteiger partial charge in [0.2, 0.25) is 0 Å². The van der Waals surface area contributed by atoms with E-state index in [0.29, 0.717) is 12.2 Å². The predicted molar refractivity (Wildman–Crippen MR) is 83.7 cm³/mol. The van der Waals surface area contributed by atoms with Crippen molar-refractivity contribution in [2.75, 3.05) is 17.9 Å². The summed E-state index contributed by atoms with van der Waals surface area (Å²) in [4.78, 5) is 1.01. The molecule has 0 aliphatic heterocycles. The van der Waals surface area contributed by atoms with Gasteiger partial charge in [-0.1, -0.05) is 6.07 Å². The van der Waals surface area contributed by atoms with Gasteiger partial charge in [0.05, 0.1) is 5.69 Å². The SMILES string of the molecule is CCN(c1cccc(F)c1)S(=O)(=O)c1ccsc1CNC. The summed E-state index contributed by atoms with van der Waals surface area (Å²) in [6.07, 6.45) is 0. The van der Waals surface area contributed by atoms with Gasteiger partial charge >= 0.3 is 0 Å². The van der Waals surface area contributed by atoms with Gasteiger partial charge in [0.1, 0.15) is 10.7 Å². The van der Waals surface area contributed by atoms with Gasteiger partial charge in [-0.3, -0.25) is 4.31 Å². The lowest BCUT2D eigenvalue weighted by molar-refractivity contribution is 0.590. The van der Waals surface area contributed by atoms with E-state index in [2.05, 4.69) is 5.32 Å². The summed E-state index contributed by atoms with van der Waals surface area (Å²) in [5.41, 5.74) is 0.333. The van der Waals surface area contributed by atoms with Crippen LogP contribution >= 0.6 is 11.3 Å². The molecule has 0 atom stereocenters. The van der Waals surface area contributed by atoms with Crippen LogP contribution in [0.4, 0.5) is 10.1 Å². The van der Waals surface area contributed by atoms with E-state index >= 15 is 0 Å². The number of hydrogen-bond acceptors (Lipinski definition) is 4. The molecule has 0 spiro atoms. The molecule has 114 valence electrons. The van der Waals surface area contributed by atoms with Gasteiger partial charge in [-0.2, -0.15) is 0 Å². The number of nitrogens with one attached hydrogen (secondary N) is 1. The van der Waals surface area contributed by atoms with E-state index in [-0.39, 0.29) is 11.4 Å². The van der Waals surface area contributed by atoms with Crippen LogP contribution in [0.25, 0.3) is 0 Å². The number of benzene rings is 1. The van der Waals surface area contributed by atoms with Crippen LogP contribution in [0.2, 0.25) is 0 Å². The molecule has 0 aliphatic carbocycles. The molecular weight excluding hydrogens is 311 g/mol. The zero-order valence-corrected chi connectivity index (χ0v) is 13.5. The molecule has 0 amide bonds. The van der Waals surface area contributed by atoms with Crippen LogP contribution in [0.5, 0.6) is 0 Å². The average molecular weight is 328 g/mol. The van der Waals surface area contributed by atoms with E-state index in [1.54, 1.807) is 31.5 Å². The fourth-order valence-corrected chi connectivity index (χ4v) is 4.98. The topological polar surface area (TPSA) is 49.4 Å². The molecule has 1 heterocycles. The smallest absolute Gasteiger partial charge is 0.265 e. The minimum Gasteiger partial charge on any atom is -0.315 e. The van der Waals surface area contributed by atoms with Crippen LogP contribution in [0, 0.1) is 5.82 Å². The van der Waals surface area contributed by atoms with Crippen molar-refractivity contribution in [2.45, 2.75) is 18.4 Å². The van der Waals surface area contributed by atoms with Crippen molar-refractivity contribution in [2.24, 2.45) is 0 Å². The van der Waals surface area contributed by atoms with Gasteiger partial charge in [-0.25, -0.2) is 12.8 Å². The van der Waals surface area contributed by atoms with Crippen LogP contribution < -0.4 is 9.62 Å². The third-order valence-corrected chi connectivity index (χ3v) is 6.03. The molecule has 0 fully saturated rings. The lowest BCUT2D eigenvalue weighted by Crippen LogP contribution is -2.31. The largest absolute Gasteiger partial charge is 0.315 e. The third kappa shape index (κ3) is 3.25. The van der Waals surface area contributed by atoms with Gasteiger partial charge in [0.15, 0.2) is 0 Å². The molecular formula is C14H17FN2O2S2. The van der Waals surface area contributed by atoms with E-state index in [9.17, 15) is 12.8 Å². The minimum absolute atomic E-state index is 0.237. The summed E-state index contributed by atoms with van der Waals surface area (Å²) in [7, 11) is -1.93. The highest BCUT2D eigenvalue weighted by atomic mass is 32.2. The second-order valence-electron chi connectivity index (χ2n) is 4.39. The molecule has 1 aromatic carbocycles. The molecule has 0 saturated carbocycles. The fourth-order valence-electron chi connectivity index (χ4n) is 2.09. The average Bonchev–Trinajstić information content (AvgIpc) is 2.89. The van der Waals surface area contributed by atoms with E-state index in [1.807, 2.05) is 0 Å². The fraction of sp³-hybridized carbons (Fsp3) is 0.286. The van der Waals surface area contributed by atoms with Crippen LogP contribution in [0.1, 0.15) is 11.8 Å². The molecule has 0 bridgehead atoms. The first-order valence-electron chi connectivity index (χ1n) is 6.50. The Kier molecular flexibility index (Phi) is 4.97. The van der Waals surface area contributed by atoms with E-state index in [0.717, 1.165) is 4.88 Å². The van der Waals surface area contributed by atoms with E-state index < -0.39 is 15.8 Å². The number of halogens is 1. The summed E-state index contributed by atoms with van der Waals surface area (Å²) in [5, 5.41) is 4.70. The normalized spacial score (nSPS) is 11.6. The molecule has 0 saturated heterocycles. The number of anilines is 1. The summed E-state index contributed by atoms with van der Waals surface area (Å²) >= 11 is 1.38. The Hall–Kier alpha value is -1.44. The van der Waals surface area contributed by atoms with E-state index in [1.165, 1.54) is 33.8 Å². The van der Waals surface area contributed by atoms with Crippen LogP contribution in [0.3, 0.4) is 0 Å². The summed E-state index contributed by atoms with van der Waals surface area (Å²) in [6.45, 7) is 2.44. The highest BCUT2D eigenvalue weighted by Crippen LogP contribution is 2.29. The molecule has 21 heavy (non-hydrogen) atoms. The third-order valence-electron chi connectivity index (χ3n) is 2.99. The number of rotatable bonds is 6. The van der Waals surface area contributed by atoms with Gasteiger partial charge in [0.25, 0.3) is 10.0 Å². The van der Waals surface area contributed by atoms with Crippen LogP contribution in [-0.2, 0) is 16.6 Å². The number of sulfonamides is 1. The first-order chi connectivity index (χ1) is 10.0. The van der Waals surface area contributed by atoms with Crippen molar-refractivity contribution in [1.82, 2.24) is 5.32 Å². The molecule has 1 aromatic heterocycles. The Morgan fingerprint density at radius 2 is 2.10 bits per heavy atom. The minimum atomic E-state index is -3.69. The summed E-state index contributed by atoms with van der Waals surface area (Å²) in [5.74, 6) is -0.457. The maximum absolute atomic E-state index is 13.4. The Bertz CT molecular complexity index is 713. The predicted octanol–water partition coefficient (Wildman–Crippen LogP) is 2.82. The van der Waals surface area contributed by atoms with Crippen molar-refractivity contribution in [3.63, 3.8) is 0 Å². The second kappa shape index (κ2) is 6.55. The molecule has 0 unspecified atom stereocenters. The summed E-state index contributed by atoms with van der Waals surface area (Å²) < 4.78 is 40.2. The Morgan fingerprint density at radius 1 is 1.33 bits per heavy atom. The summed E-state index contributed by atoms with van der Waals surface area (Å²) in [6, 6.07) is 7.21. The van der Waals surface area contributed by atoms with Crippen molar-refractivity contribution < 1.29 is 12.8 Å². The Balaban J connectivity index is 2.47. The first-order valence-corrected chi connectivity index (χ1v) is 8.82. The molecule has 1 N–H and O–H groups in total. The molecule has 0 radical (unpaired) electrons. The number of thiophene rings is 1. The van der Waals surface area contributed by atoms with Crippen molar-refractivity contribution in [3.8, 4) is 0 Å². The lowest BCUT2D eigenvalue weighted by Gasteiger charge is -2.23. The van der Waals surface area contributed by atoms with Crippen LogP contribution in [-0.4, -0.2) is 22.0 Å². The molecule has 7 heteroatoms. The monoisotopic (exact) mass is 328 g/mol. The highest BCUT2D eigenvalue weighted by Gasteiger charge is 2.27. The molecule has 0 aliphatic rings. The zero-order chi connectivity index (χ0) is 15.5. The van der Waals surface area contributed by atoms with Gasteiger partial charge in [-0.15, -0.1) is 11.3 Å². The van der Waals surface area contributed by atoms with Gasteiger partial charge in [-0.05, 0) is 43.6 Å². The standard InChI is InChI=1S/C14H17FN2O2S2/c1-3-17(12-6-4-5-11(15)9-12)21(18,19)14-7-8-20-13(14)10-16-2/h4-9,16H,3,10H2,1-2H3. The Morgan fingerprint density at radius 3 is 2.71 bits per heavy atom. The van der Waals surface area contributed by atoms with E-state index in [4.69, 9.17) is 0 Å². The van der Waals surface area contributed by atoms with Gasteiger partial charge < -0.3 is 5.32 Å². The zero-order valence-electron chi connectivity index (χ0n) is 11.8.